The van der Waals surface area contributed by atoms with Crippen LogP contribution in [0.5, 0.6) is 5.75 Å². The lowest BCUT2D eigenvalue weighted by molar-refractivity contribution is -0.148. The van der Waals surface area contributed by atoms with Crippen molar-refractivity contribution < 1.29 is 14.7 Å². The molecule has 2 amide bonds. The average molecular weight is 327 g/mol. The number of phenolic OH excluding ortho intramolecular Hbond substituents is 1. The lowest BCUT2D eigenvalue weighted by atomic mass is 10.0. The third kappa shape index (κ3) is 3.13. The Morgan fingerprint density at radius 1 is 1.47 bits per heavy atom. The van der Waals surface area contributed by atoms with E-state index in [1.54, 1.807) is 18.2 Å². The second-order valence-corrected chi connectivity index (χ2v) is 5.40. The number of carbonyl (C=O) groups excluding carboxylic acids is 2. The molecule has 0 bridgehead atoms. The largest absolute Gasteiger partial charge is 0.507 e. The Kier molecular flexibility index (Phi) is 4.21. The summed E-state index contributed by atoms with van der Waals surface area (Å²) >= 11 is 3.24. The van der Waals surface area contributed by atoms with E-state index in [1.165, 1.54) is 11.9 Å². The summed E-state index contributed by atoms with van der Waals surface area (Å²) in [6.07, 6.45) is 0.917. The molecular formula is C13H15BrN2O3. The fourth-order valence-corrected chi connectivity index (χ4v) is 2.43. The predicted molar refractivity (Wildman–Crippen MR) is 73.4 cm³/mol. The minimum Gasteiger partial charge on any atom is -0.507 e. The number of aromatic hydroxyl groups is 1. The summed E-state index contributed by atoms with van der Waals surface area (Å²) in [4.78, 5) is 24.4. The minimum absolute atomic E-state index is 0.129. The van der Waals surface area contributed by atoms with Gasteiger partial charge in [-0.1, -0.05) is 6.07 Å². The van der Waals surface area contributed by atoms with Gasteiger partial charge in [0.2, 0.25) is 11.8 Å². The van der Waals surface area contributed by atoms with E-state index in [4.69, 9.17) is 0 Å². The van der Waals surface area contributed by atoms with Crippen LogP contribution in [0.1, 0.15) is 18.4 Å². The molecule has 0 aliphatic carbocycles. The van der Waals surface area contributed by atoms with E-state index in [1.807, 2.05) is 0 Å². The highest BCUT2D eigenvalue weighted by Gasteiger charge is 2.31. The molecule has 1 aromatic rings. The maximum atomic E-state index is 11.9. The number of carbonyl (C=O) groups is 2. The molecule has 5 nitrogen and oxygen atoms in total. The summed E-state index contributed by atoms with van der Waals surface area (Å²) in [7, 11) is 1.51. The lowest BCUT2D eigenvalue weighted by Gasteiger charge is -2.28. The van der Waals surface area contributed by atoms with Crippen molar-refractivity contribution in [1.29, 1.82) is 0 Å². The summed E-state index contributed by atoms with van der Waals surface area (Å²) in [5.41, 5.74) is 0.956. The van der Waals surface area contributed by atoms with Crippen molar-refractivity contribution in [2.75, 3.05) is 7.05 Å². The molecule has 1 heterocycles. The van der Waals surface area contributed by atoms with E-state index >= 15 is 0 Å². The Balaban J connectivity index is 1.97. The summed E-state index contributed by atoms with van der Waals surface area (Å²) < 4.78 is 0.620. The zero-order chi connectivity index (χ0) is 14.0. The molecule has 2 N–H and O–H groups in total. The molecule has 102 valence electrons. The third-order valence-corrected chi connectivity index (χ3v) is 3.85. The zero-order valence-electron chi connectivity index (χ0n) is 10.5. The molecule has 1 atom stereocenters. The number of piperidine rings is 1. The molecule has 0 aromatic heterocycles. The van der Waals surface area contributed by atoms with E-state index in [0.29, 0.717) is 23.9 Å². The van der Waals surface area contributed by atoms with Crippen molar-refractivity contribution in [1.82, 2.24) is 10.2 Å². The van der Waals surface area contributed by atoms with Crippen molar-refractivity contribution in [3.05, 3.63) is 28.2 Å². The Labute approximate surface area is 119 Å². The molecule has 0 radical (unpaired) electrons. The van der Waals surface area contributed by atoms with E-state index in [-0.39, 0.29) is 23.6 Å². The summed E-state index contributed by atoms with van der Waals surface area (Å²) in [6, 6.07) is 4.86. The van der Waals surface area contributed by atoms with Crippen molar-refractivity contribution in [3.8, 4) is 5.75 Å². The average Bonchev–Trinajstić information content (AvgIpc) is 2.39. The van der Waals surface area contributed by atoms with Crippen LogP contribution in [-0.2, 0) is 16.1 Å². The number of imide groups is 1. The van der Waals surface area contributed by atoms with E-state index < -0.39 is 0 Å². The van der Waals surface area contributed by atoms with Gasteiger partial charge in [-0.15, -0.1) is 0 Å². The van der Waals surface area contributed by atoms with Gasteiger partial charge in [0, 0.05) is 20.0 Å². The number of amides is 2. The first-order valence-electron chi connectivity index (χ1n) is 6.00. The number of nitrogens with zero attached hydrogens (tertiary/aromatic N) is 1. The Morgan fingerprint density at radius 3 is 2.89 bits per heavy atom. The molecule has 1 saturated heterocycles. The van der Waals surface area contributed by atoms with Gasteiger partial charge in [-0.25, -0.2) is 0 Å². The van der Waals surface area contributed by atoms with Crippen molar-refractivity contribution in [3.63, 3.8) is 0 Å². The Bertz CT molecular complexity index is 519. The molecule has 1 aliphatic rings. The highest BCUT2D eigenvalue weighted by molar-refractivity contribution is 9.10. The normalized spacial score (nSPS) is 19.9. The first kappa shape index (κ1) is 14.0. The number of benzene rings is 1. The second kappa shape index (κ2) is 5.71. The number of rotatable bonds is 3. The second-order valence-electron chi connectivity index (χ2n) is 4.55. The first-order chi connectivity index (χ1) is 8.99. The number of hydrogen-bond acceptors (Lipinski definition) is 4. The highest BCUT2D eigenvalue weighted by atomic mass is 79.9. The van der Waals surface area contributed by atoms with Crippen LogP contribution in [0.3, 0.4) is 0 Å². The fourth-order valence-electron chi connectivity index (χ4n) is 2.01. The Morgan fingerprint density at radius 2 is 2.21 bits per heavy atom. The van der Waals surface area contributed by atoms with E-state index in [2.05, 4.69) is 21.2 Å². The molecule has 1 aliphatic heterocycles. The molecule has 6 heteroatoms. The van der Waals surface area contributed by atoms with E-state index in [0.717, 1.165) is 5.56 Å². The lowest BCUT2D eigenvalue weighted by Crippen LogP contribution is -2.51. The van der Waals surface area contributed by atoms with Gasteiger partial charge in [-0.05, 0) is 40.0 Å². The zero-order valence-corrected chi connectivity index (χ0v) is 12.1. The van der Waals surface area contributed by atoms with Gasteiger partial charge in [0.25, 0.3) is 0 Å². The van der Waals surface area contributed by atoms with Crippen LogP contribution >= 0.6 is 15.9 Å². The maximum absolute atomic E-state index is 11.9. The van der Waals surface area contributed by atoms with Crippen molar-refractivity contribution in [2.45, 2.75) is 25.4 Å². The number of nitrogens with one attached hydrogen (secondary N) is 1. The van der Waals surface area contributed by atoms with Gasteiger partial charge in [-0.2, -0.15) is 0 Å². The first-order valence-corrected chi connectivity index (χ1v) is 6.79. The SMILES string of the molecule is CN1C(=O)CCC(NCc2ccc(O)c(Br)c2)C1=O. The van der Waals surface area contributed by atoms with Crippen molar-refractivity contribution >= 4 is 27.7 Å². The molecule has 1 unspecified atom stereocenters. The quantitative estimate of drug-likeness (QED) is 0.823. The minimum atomic E-state index is -0.324. The molecule has 19 heavy (non-hydrogen) atoms. The highest BCUT2D eigenvalue weighted by Crippen LogP contribution is 2.24. The fraction of sp³-hybridized carbons (Fsp3) is 0.385. The summed E-state index contributed by atoms with van der Waals surface area (Å²) in [6.45, 7) is 0.511. The van der Waals surface area contributed by atoms with Crippen LogP contribution in [0.15, 0.2) is 22.7 Å². The summed E-state index contributed by atoms with van der Waals surface area (Å²) in [5.74, 6) is -0.132. The monoisotopic (exact) mass is 326 g/mol. The van der Waals surface area contributed by atoms with Crippen LogP contribution in [0.4, 0.5) is 0 Å². The Hall–Kier alpha value is -1.40. The van der Waals surface area contributed by atoms with Crippen molar-refractivity contribution in [2.24, 2.45) is 0 Å². The van der Waals surface area contributed by atoms with Gasteiger partial charge >= 0.3 is 0 Å². The predicted octanol–water partition coefficient (Wildman–Crippen LogP) is 1.39. The van der Waals surface area contributed by atoms with Gasteiger partial charge < -0.3 is 10.4 Å². The molecule has 2 rings (SSSR count). The van der Waals surface area contributed by atoms with Gasteiger partial charge in [-0.3, -0.25) is 14.5 Å². The third-order valence-electron chi connectivity index (χ3n) is 3.21. The number of phenols is 1. The number of likely N-dealkylation sites (tertiary alicyclic amines) is 1. The van der Waals surface area contributed by atoms with Crippen LogP contribution in [-0.4, -0.2) is 34.9 Å². The number of hydrogen-bond donors (Lipinski definition) is 2. The molecule has 0 saturated carbocycles. The van der Waals surface area contributed by atoms with Crippen LogP contribution < -0.4 is 5.32 Å². The smallest absolute Gasteiger partial charge is 0.246 e. The summed E-state index contributed by atoms with van der Waals surface area (Å²) in [5, 5.41) is 12.5. The standard InChI is InChI=1S/C13H15BrN2O3/c1-16-12(18)5-3-10(13(16)19)15-7-8-2-4-11(17)9(14)6-8/h2,4,6,10,15,17H,3,5,7H2,1H3. The van der Waals surface area contributed by atoms with Crippen LogP contribution in [0, 0.1) is 0 Å². The van der Waals surface area contributed by atoms with Crippen LogP contribution in [0.2, 0.25) is 0 Å². The molecular weight excluding hydrogens is 312 g/mol. The maximum Gasteiger partial charge on any atom is 0.246 e. The molecule has 1 fully saturated rings. The van der Waals surface area contributed by atoms with Crippen LogP contribution in [0.25, 0.3) is 0 Å². The number of likely N-dealkylation sites (N-methyl/N-ethyl adjacent to an activating group) is 1. The van der Waals surface area contributed by atoms with Gasteiger partial charge in [0.15, 0.2) is 0 Å². The van der Waals surface area contributed by atoms with Gasteiger partial charge in [0.1, 0.15) is 5.75 Å². The van der Waals surface area contributed by atoms with E-state index in [9.17, 15) is 14.7 Å². The topological polar surface area (TPSA) is 69.6 Å². The number of halogens is 1. The van der Waals surface area contributed by atoms with Gasteiger partial charge in [0.05, 0.1) is 10.5 Å². The molecule has 1 aromatic carbocycles. The molecule has 0 spiro atoms.